The summed E-state index contributed by atoms with van der Waals surface area (Å²) in [5, 5.41) is 8.62. The average molecular weight is 491 g/mol. The van der Waals surface area contributed by atoms with E-state index < -0.39 is 0 Å². The number of para-hydroxylation sites is 2. The van der Waals surface area contributed by atoms with Crippen LogP contribution in [0.3, 0.4) is 0 Å². The van der Waals surface area contributed by atoms with Crippen molar-refractivity contribution >= 4 is 29.0 Å². The van der Waals surface area contributed by atoms with Crippen molar-refractivity contribution in [1.82, 2.24) is 15.2 Å². The van der Waals surface area contributed by atoms with Crippen molar-refractivity contribution in [1.29, 1.82) is 0 Å². The van der Waals surface area contributed by atoms with Gasteiger partial charge in [-0.15, -0.1) is 0 Å². The van der Waals surface area contributed by atoms with Gasteiger partial charge in [-0.25, -0.2) is 4.79 Å². The van der Waals surface area contributed by atoms with Crippen LogP contribution < -0.4 is 31.2 Å². The molecule has 0 spiro atoms. The number of nitrogens with one attached hydrogen (secondary N) is 3. The van der Waals surface area contributed by atoms with Gasteiger partial charge in [0, 0.05) is 18.0 Å². The molecule has 1 aromatic heterocycles. The molecule has 2 aromatic carbocycles. The van der Waals surface area contributed by atoms with Crippen molar-refractivity contribution < 1.29 is 19.1 Å². The minimum atomic E-state index is -0.367. The summed E-state index contributed by atoms with van der Waals surface area (Å²) < 4.78 is 11.1. The zero-order valence-electron chi connectivity index (χ0n) is 20.3. The molecule has 1 unspecified atom stereocenters. The fourth-order valence-corrected chi connectivity index (χ4v) is 3.70. The highest BCUT2D eigenvalue weighted by Gasteiger charge is 2.18. The van der Waals surface area contributed by atoms with Crippen molar-refractivity contribution in [2.75, 3.05) is 50.2 Å². The lowest BCUT2D eigenvalue weighted by Crippen LogP contribution is -2.34. The van der Waals surface area contributed by atoms with Crippen LogP contribution in [0.1, 0.15) is 28.5 Å². The molecule has 36 heavy (non-hydrogen) atoms. The first-order valence-corrected chi connectivity index (χ1v) is 11.6. The molecule has 0 radical (unpaired) electrons. The smallest absolute Gasteiger partial charge is 0.319 e. The predicted molar refractivity (Wildman–Crippen MR) is 139 cm³/mol. The molecule has 10 heteroatoms. The SMILES string of the molecule is CN(C)CCC(NC(=O)Nc1ccc2c(c1)OCCO2)c1ccc(C(=O)Nc2ccccc2N)nc1. The first-order chi connectivity index (χ1) is 17.4. The van der Waals surface area contributed by atoms with E-state index in [9.17, 15) is 9.59 Å². The standard InChI is InChI=1S/C26H30N6O4/c1-32(2)12-11-20(31-26(34)29-18-8-10-23-24(15-18)36-14-13-35-23)17-7-9-22(28-16-17)25(33)30-21-6-4-3-5-19(21)27/h3-10,15-16,20H,11-14,27H2,1-2H3,(H,30,33)(H2,29,31,34). The number of carbonyl (C=O) groups is 2. The first-order valence-electron chi connectivity index (χ1n) is 11.6. The van der Waals surface area contributed by atoms with Crippen LogP contribution in [0, 0.1) is 0 Å². The highest BCUT2D eigenvalue weighted by Crippen LogP contribution is 2.32. The maximum absolute atomic E-state index is 12.8. The van der Waals surface area contributed by atoms with Gasteiger partial charge in [-0.2, -0.15) is 0 Å². The number of hydrogen-bond acceptors (Lipinski definition) is 7. The molecule has 0 fully saturated rings. The number of amides is 3. The molecule has 4 rings (SSSR count). The van der Waals surface area contributed by atoms with Crippen LogP contribution in [0.5, 0.6) is 11.5 Å². The number of aromatic nitrogens is 1. The van der Waals surface area contributed by atoms with Gasteiger partial charge < -0.3 is 36.1 Å². The first kappa shape index (κ1) is 24.8. The van der Waals surface area contributed by atoms with E-state index in [0.29, 0.717) is 48.2 Å². The number of benzene rings is 2. The highest BCUT2D eigenvalue weighted by molar-refractivity contribution is 6.04. The molecule has 3 amide bonds. The van der Waals surface area contributed by atoms with Crippen molar-refractivity contribution in [3.8, 4) is 11.5 Å². The lowest BCUT2D eigenvalue weighted by Gasteiger charge is -2.22. The molecule has 0 saturated heterocycles. The molecule has 1 atom stereocenters. The summed E-state index contributed by atoms with van der Waals surface area (Å²) >= 11 is 0. The molecule has 0 aliphatic carbocycles. The normalized spacial score (nSPS) is 13.1. The van der Waals surface area contributed by atoms with Gasteiger partial charge in [0.2, 0.25) is 0 Å². The van der Waals surface area contributed by atoms with Crippen LogP contribution in [-0.4, -0.2) is 55.7 Å². The van der Waals surface area contributed by atoms with Crippen LogP contribution in [0.4, 0.5) is 21.9 Å². The van der Waals surface area contributed by atoms with E-state index in [1.165, 1.54) is 0 Å². The molecule has 0 saturated carbocycles. The molecule has 1 aliphatic heterocycles. The lowest BCUT2D eigenvalue weighted by atomic mass is 10.1. The van der Waals surface area contributed by atoms with Crippen LogP contribution in [0.15, 0.2) is 60.8 Å². The van der Waals surface area contributed by atoms with Gasteiger partial charge >= 0.3 is 6.03 Å². The van der Waals surface area contributed by atoms with Crippen LogP contribution in [0.25, 0.3) is 0 Å². The maximum Gasteiger partial charge on any atom is 0.319 e. The Kier molecular flexibility index (Phi) is 7.86. The molecular formula is C26H30N6O4. The Hall–Kier alpha value is -4.31. The number of ether oxygens (including phenoxy) is 2. The number of urea groups is 1. The Labute approximate surface area is 209 Å². The quantitative estimate of drug-likeness (QED) is 0.356. The van der Waals surface area contributed by atoms with Gasteiger partial charge in [-0.3, -0.25) is 9.78 Å². The maximum atomic E-state index is 12.8. The second-order valence-electron chi connectivity index (χ2n) is 8.62. The zero-order chi connectivity index (χ0) is 25.5. The fourth-order valence-electron chi connectivity index (χ4n) is 3.70. The number of nitrogen functional groups attached to an aromatic ring is 1. The highest BCUT2D eigenvalue weighted by atomic mass is 16.6. The third-order valence-electron chi connectivity index (χ3n) is 5.60. The summed E-state index contributed by atoms with van der Waals surface area (Å²) in [5.74, 6) is 0.883. The monoisotopic (exact) mass is 490 g/mol. The molecule has 0 bridgehead atoms. The number of nitrogens with two attached hydrogens (primary N) is 1. The summed E-state index contributed by atoms with van der Waals surface area (Å²) in [4.78, 5) is 31.8. The number of nitrogens with zero attached hydrogens (tertiary/aromatic N) is 2. The second-order valence-corrected chi connectivity index (χ2v) is 8.62. The van der Waals surface area contributed by atoms with E-state index in [-0.39, 0.29) is 23.7 Å². The summed E-state index contributed by atoms with van der Waals surface area (Å²) in [7, 11) is 3.93. The van der Waals surface area contributed by atoms with Crippen LogP contribution in [0.2, 0.25) is 0 Å². The molecular weight excluding hydrogens is 460 g/mol. The van der Waals surface area contributed by atoms with E-state index in [1.54, 1.807) is 60.8 Å². The molecule has 1 aliphatic rings. The summed E-state index contributed by atoms with van der Waals surface area (Å²) in [5.41, 5.74) is 8.52. The number of rotatable bonds is 8. The number of fused-ring (bicyclic) bond motifs is 1. The number of hydrogen-bond donors (Lipinski definition) is 4. The van der Waals surface area contributed by atoms with Crippen LogP contribution in [-0.2, 0) is 0 Å². The number of anilines is 3. The van der Waals surface area contributed by atoms with E-state index in [4.69, 9.17) is 15.2 Å². The van der Waals surface area contributed by atoms with Crippen LogP contribution >= 0.6 is 0 Å². The minimum absolute atomic E-state index is 0.245. The van der Waals surface area contributed by atoms with Crippen molar-refractivity contribution in [3.63, 3.8) is 0 Å². The average Bonchev–Trinajstić information content (AvgIpc) is 2.88. The Morgan fingerprint density at radius 3 is 2.53 bits per heavy atom. The predicted octanol–water partition coefficient (Wildman–Crippen LogP) is 3.50. The molecule has 3 aromatic rings. The van der Waals surface area contributed by atoms with E-state index in [0.717, 1.165) is 12.1 Å². The Bertz CT molecular complexity index is 1220. The lowest BCUT2D eigenvalue weighted by molar-refractivity contribution is 0.102. The van der Waals surface area contributed by atoms with Gasteiger partial charge in [0.15, 0.2) is 11.5 Å². The van der Waals surface area contributed by atoms with Gasteiger partial charge in [0.25, 0.3) is 5.91 Å². The van der Waals surface area contributed by atoms with Gasteiger partial charge in [0.1, 0.15) is 18.9 Å². The largest absolute Gasteiger partial charge is 0.486 e. The third-order valence-corrected chi connectivity index (χ3v) is 5.60. The summed E-state index contributed by atoms with van der Waals surface area (Å²) in [6.45, 7) is 1.71. The second kappa shape index (κ2) is 11.4. The topological polar surface area (TPSA) is 131 Å². The van der Waals surface area contributed by atoms with Crippen molar-refractivity contribution in [3.05, 3.63) is 72.1 Å². The van der Waals surface area contributed by atoms with E-state index >= 15 is 0 Å². The zero-order valence-corrected chi connectivity index (χ0v) is 20.3. The Morgan fingerprint density at radius 2 is 1.81 bits per heavy atom. The molecule has 188 valence electrons. The Balaban J connectivity index is 1.43. The molecule has 5 N–H and O–H groups in total. The molecule has 10 nitrogen and oxygen atoms in total. The van der Waals surface area contributed by atoms with Crippen molar-refractivity contribution in [2.24, 2.45) is 0 Å². The molecule has 2 heterocycles. The van der Waals surface area contributed by atoms with Gasteiger partial charge in [-0.1, -0.05) is 18.2 Å². The minimum Gasteiger partial charge on any atom is -0.486 e. The summed E-state index contributed by atoms with van der Waals surface area (Å²) in [6, 6.07) is 15.0. The van der Waals surface area contributed by atoms with E-state index in [2.05, 4.69) is 20.9 Å². The van der Waals surface area contributed by atoms with Gasteiger partial charge in [0.05, 0.1) is 17.4 Å². The third kappa shape index (κ3) is 6.42. The van der Waals surface area contributed by atoms with Gasteiger partial charge in [-0.05, 0) is 63.0 Å². The number of pyridine rings is 1. The number of carbonyl (C=O) groups excluding carboxylic acids is 2. The van der Waals surface area contributed by atoms with Crippen molar-refractivity contribution in [2.45, 2.75) is 12.5 Å². The summed E-state index contributed by atoms with van der Waals surface area (Å²) in [6.07, 6.45) is 2.25. The fraction of sp³-hybridized carbons (Fsp3) is 0.269. The van der Waals surface area contributed by atoms with E-state index in [1.807, 2.05) is 19.0 Å². The Morgan fingerprint density at radius 1 is 1.03 bits per heavy atom.